The summed E-state index contributed by atoms with van der Waals surface area (Å²) in [6, 6.07) is 0.816. The molecule has 0 aliphatic rings. The van der Waals surface area contributed by atoms with E-state index in [0.29, 0.717) is 0 Å². The van der Waals surface area contributed by atoms with Crippen LogP contribution in [0.4, 0.5) is 17.6 Å². The first kappa shape index (κ1) is 10.3. The van der Waals surface area contributed by atoms with Crippen LogP contribution in [-0.2, 0) is 5.92 Å². The Kier molecular flexibility index (Phi) is 2.27. The van der Waals surface area contributed by atoms with Gasteiger partial charge in [0, 0.05) is 5.69 Å². The van der Waals surface area contributed by atoms with Crippen LogP contribution in [0.15, 0.2) is 6.07 Å². The molecule has 0 fully saturated rings. The van der Waals surface area contributed by atoms with Crippen LogP contribution in [0.1, 0.15) is 11.4 Å². The predicted octanol–water partition coefficient (Wildman–Crippen LogP) is 2.64. The molecule has 74 valence electrons. The van der Waals surface area contributed by atoms with E-state index in [1.165, 1.54) is 6.92 Å². The number of nitrogens with one attached hydrogen (secondary N) is 1. The molecular formula is C6H5ClF4N2. The molecule has 1 heterocycles. The predicted molar refractivity (Wildman–Crippen MR) is 38.0 cm³/mol. The Balaban J connectivity index is 3.07. The fourth-order valence-corrected chi connectivity index (χ4v) is 0.821. The highest BCUT2D eigenvalue weighted by Crippen LogP contribution is 2.44. The SMILES string of the molecule is Cc1cc(C(F)(F)C(F)(F)Cl)n[nH]1. The molecule has 0 saturated carbocycles. The van der Waals surface area contributed by atoms with E-state index in [2.05, 4.69) is 21.8 Å². The van der Waals surface area contributed by atoms with E-state index >= 15 is 0 Å². The summed E-state index contributed by atoms with van der Waals surface area (Å²) >= 11 is 4.23. The number of H-pyrrole nitrogens is 1. The van der Waals surface area contributed by atoms with Gasteiger partial charge in [-0.3, -0.25) is 5.10 Å². The molecule has 0 unspecified atom stereocenters. The fourth-order valence-electron chi connectivity index (χ4n) is 0.724. The number of aryl methyl sites for hydroxylation is 1. The Hall–Kier alpha value is -0.780. The van der Waals surface area contributed by atoms with Gasteiger partial charge in [-0.2, -0.15) is 22.7 Å². The second kappa shape index (κ2) is 2.87. The normalized spacial score (nSPS) is 13.4. The lowest BCUT2D eigenvalue weighted by molar-refractivity contribution is -0.166. The smallest absolute Gasteiger partial charge is 0.282 e. The van der Waals surface area contributed by atoms with Gasteiger partial charge in [0.05, 0.1) is 0 Å². The van der Waals surface area contributed by atoms with E-state index in [0.717, 1.165) is 6.07 Å². The Bertz CT molecular complexity index is 304. The molecule has 2 nitrogen and oxygen atoms in total. The van der Waals surface area contributed by atoms with Crippen LogP contribution in [0.2, 0.25) is 0 Å². The zero-order chi connectivity index (χ0) is 10.3. The second-order valence-electron chi connectivity index (χ2n) is 2.51. The molecule has 0 aliphatic heterocycles. The lowest BCUT2D eigenvalue weighted by Gasteiger charge is -2.18. The molecule has 7 heteroatoms. The van der Waals surface area contributed by atoms with Gasteiger partial charge in [0.15, 0.2) is 0 Å². The van der Waals surface area contributed by atoms with E-state index in [9.17, 15) is 17.6 Å². The Labute approximate surface area is 75.9 Å². The molecule has 0 bridgehead atoms. The maximum Gasteiger partial charge on any atom is 0.390 e. The van der Waals surface area contributed by atoms with Crippen LogP contribution in [0.3, 0.4) is 0 Å². The van der Waals surface area contributed by atoms with Crippen molar-refractivity contribution in [2.75, 3.05) is 0 Å². The standard InChI is InChI=1S/C6H5ClF4N2/c1-3-2-4(13-12-3)5(8,9)6(7,10)11/h2H,1H3,(H,12,13). The molecule has 1 N–H and O–H groups in total. The molecule has 0 radical (unpaired) electrons. The average Bonchev–Trinajstić information content (AvgIpc) is 2.33. The van der Waals surface area contributed by atoms with E-state index < -0.39 is 17.0 Å². The van der Waals surface area contributed by atoms with Crippen LogP contribution >= 0.6 is 11.6 Å². The number of rotatable bonds is 2. The Morgan fingerprint density at radius 2 is 1.92 bits per heavy atom. The average molecular weight is 217 g/mol. The van der Waals surface area contributed by atoms with Gasteiger partial charge in [-0.25, -0.2) is 0 Å². The minimum Gasteiger partial charge on any atom is -0.282 e. The monoisotopic (exact) mass is 216 g/mol. The van der Waals surface area contributed by atoms with Gasteiger partial charge in [0.2, 0.25) is 0 Å². The molecule has 0 spiro atoms. The number of alkyl halides is 5. The van der Waals surface area contributed by atoms with Gasteiger partial charge in [-0.1, -0.05) is 0 Å². The van der Waals surface area contributed by atoms with E-state index in [1.54, 1.807) is 0 Å². The van der Waals surface area contributed by atoms with Crippen LogP contribution in [0.5, 0.6) is 0 Å². The third-order valence-electron chi connectivity index (χ3n) is 1.38. The summed E-state index contributed by atoms with van der Waals surface area (Å²) in [6.45, 7) is 1.42. The topological polar surface area (TPSA) is 28.7 Å². The summed E-state index contributed by atoms with van der Waals surface area (Å²) in [5, 5.41) is 0.509. The summed E-state index contributed by atoms with van der Waals surface area (Å²) in [7, 11) is 0. The Morgan fingerprint density at radius 1 is 1.38 bits per heavy atom. The first-order valence-electron chi connectivity index (χ1n) is 3.22. The van der Waals surface area contributed by atoms with Crippen LogP contribution in [0, 0.1) is 6.92 Å². The van der Waals surface area contributed by atoms with Crippen molar-refractivity contribution in [2.24, 2.45) is 0 Å². The highest BCUT2D eigenvalue weighted by atomic mass is 35.5. The van der Waals surface area contributed by atoms with Crippen molar-refractivity contribution >= 4 is 11.6 Å². The maximum absolute atomic E-state index is 12.7. The van der Waals surface area contributed by atoms with E-state index in [1.807, 2.05) is 0 Å². The summed E-state index contributed by atoms with van der Waals surface area (Å²) < 4.78 is 49.7. The van der Waals surface area contributed by atoms with Crippen molar-refractivity contribution in [1.82, 2.24) is 10.2 Å². The summed E-state index contributed by atoms with van der Waals surface area (Å²) in [4.78, 5) is 0. The lowest BCUT2D eigenvalue weighted by Crippen LogP contribution is -2.33. The highest BCUT2D eigenvalue weighted by Gasteiger charge is 2.57. The van der Waals surface area contributed by atoms with Gasteiger partial charge in [0.25, 0.3) is 0 Å². The number of aromatic amines is 1. The van der Waals surface area contributed by atoms with Crippen LogP contribution in [-0.4, -0.2) is 15.6 Å². The van der Waals surface area contributed by atoms with Crippen molar-refractivity contribution in [3.63, 3.8) is 0 Å². The molecule has 1 rings (SSSR count). The molecular weight excluding hydrogens is 212 g/mol. The molecule has 0 aromatic carbocycles. The zero-order valence-corrected chi connectivity index (χ0v) is 7.17. The van der Waals surface area contributed by atoms with Crippen molar-refractivity contribution in [3.05, 3.63) is 17.5 Å². The lowest BCUT2D eigenvalue weighted by atomic mass is 10.2. The molecule has 0 amide bonds. The second-order valence-corrected chi connectivity index (χ2v) is 2.98. The number of halogens is 5. The minimum absolute atomic E-state index is 0.260. The third kappa shape index (κ3) is 1.77. The van der Waals surface area contributed by atoms with Gasteiger partial charge in [-0.15, -0.1) is 0 Å². The fraction of sp³-hybridized carbons (Fsp3) is 0.500. The largest absolute Gasteiger partial charge is 0.390 e. The number of aromatic nitrogens is 2. The van der Waals surface area contributed by atoms with Gasteiger partial charge < -0.3 is 0 Å². The number of hydrogen-bond donors (Lipinski definition) is 1. The summed E-state index contributed by atoms with van der Waals surface area (Å²) in [5.41, 5.74) is -0.805. The molecule has 13 heavy (non-hydrogen) atoms. The maximum atomic E-state index is 12.7. The van der Waals surface area contributed by atoms with Gasteiger partial charge >= 0.3 is 11.3 Å². The van der Waals surface area contributed by atoms with E-state index in [4.69, 9.17) is 0 Å². The van der Waals surface area contributed by atoms with Crippen molar-refractivity contribution in [2.45, 2.75) is 18.2 Å². The summed E-state index contributed by atoms with van der Waals surface area (Å²) in [5.74, 6) is -4.46. The third-order valence-corrected chi connectivity index (χ3v) is 1.62. The van der Waals surface area contributed by atoms with Crippen LogP contribution in [0.25, 0.3) is 0 Å². The van der Waals surface area contributed by atoms with Crippen molar-refractivity contribution in [1.29, 1.82) is 0 Å². The van der Waals surface area contributed by atoms with E-state index in [-0.39, 0.29) is 5.69 Å². The first-order valence-corrected chi connectivity index (χ1v) is 3.60. The van der Waals surface area contributed by atoms with Crippen molar-refractivity contribution in [3.8, 4) is 0 Å². The molecule has 1 aromatic rings. The molecule has 1 aromatic heterocycles. The number of hydrogen-bond acceptors (Lipinski definition) is 1. The number of nitrogens with zero attached hydrogens (tertiary/aromatic N) is 1. The van der Waals surface area contributed by atoms with Crippen molar-refractivity contribution < 1.29 is 17.6 Å². The Morgan fingerprint density at radius 3 is 2.23 bits per heavy atom. The van der Waals surface area contributed by atoms with Gasteiger partial charge in [0.1, 0.15) is 5.69 Å². The highest BCUT2D eigenvalue weighted by molar-refractivity contribution is 6.22. The minimum atomic E-state index is -4.63. The molecule has 0 aliphatic carbocycles. The zero-order valence-electron chi connectivity index (χ0n) is 6.41. The molecule has 0 saturated heterocycles. The quantitative estimate of drug-likeness (QED) is 0.598. The molecule has 0 atom stereocenters. The first-order chi connectivity index (χ1) is 5.75. The van der Waals surface area contributed by atoms with Gasteiger partial charge in [-0.05, 0) is 24.6 Å². The summed E-state index contributed by atoms with van der Waals surface area (Å²) in [6.07, 6.45) is 0. The van der Waals surface area contributed by atoms with Crippen LogP contribution < -0.4 is 0 Å².